The van der Waals surface area contributed by atoms with Crippen LogP contribution in [-0.4, -0.2) is 28.5 Å². The first kappa shape index (κ1) is 13.4. The number of aromatic nitrogens is 2. The molecular weight excluding hydrogens is 272 g/mol. The van der Waals surface area contributed by atoms with Gasteiger partial charge < -0.3 is 14.5 Å². The van der Waals surface area contributed by atoms with Crippen molar-refractivity contribution < 1.29 is 23.6 Å². The summed E-state index contributed by atoms with van der Waals surface area (Å²) in [4.78, 5) is 11.3. The van der Waals surface area contributed by atoms with Crippen molar-refractivity contribution in [3.8, 4) is 11.3 Å². The molecule has 100 valence electrons. The van der Waals surface area contributed by atoms with Crippen molar-refractivity contribution in [1.82, 2.24) is 5.16 Å². The lowest BCUT2D eigenvalue weighted by atomic mass is 10.2. The Hall–Kier alpha value is -2.06. The SMILES string of the molecule is COC(=O)C[S+]([O-])c1no[n+]([O-])c1-c1ccccc1. The number of esters is 1. The predicted octanol–water partition coefficient (Wildman–Crippen LogP) is 0.256. The molecule has 0 aliphatic rings. The zero-order chi connectivity index (χ0) is 13.8. The van der Waals surface area contributed by atoms with E-state index in [1.54, 1.807) is 30.3 Å². The summed E-state index contributed by atoms with van der Waals surface area (Å²) >= 11 is -1.80. The number of hydrogen-bond acceptors (Lipinski definition) is 6. The van der Waals surface area contributed by atoms with E-state index in [4.69, 9.17) is 0 Å². The summed E-state index contributed by atoms with van der Waals surface area (Å²) in [7, 11) is 1.19. The largest absolute Gasteiger partial charge is 0.608 e. The Labute approximate surface area is 111 Å². The zero-order valence-corrected chi connectivity index (χ0v) is 10.8. The lowest BCUT2D eigenvalue weighted by Crippen LogP contribution is -2.27. The summed E-state index contributed by atoms with van der Waals surface area (Å²) < 4.78 is 20.8. The minimum absolute atomic E-state index is 0.0304. The third-order valence-corrected chi connectivity index (χ3v) is 3.52. The fraction of sp³-hybridized carbons (Fsp3) is 0.182. The number of ether oxygens (including phenoxy) is 1. The molecule has 0 saturated carbocycles. The van der Waals surface area contributed by atoms with Crippen LogP contribution in [0.4, 0.5) is 0 Å². The number of carbonyl (C=O) groups excluding carboxylic acids is 1. The van der Waals surface area contributed by atoms with E-state index in [-0.39, 0.29) is 21.4 Å². The molecule has 2 aromatic rings. The van der Waals surface area contributed by atoms with Gasteiger partial charge in [0.25, 0.3) is 5.69 Å². The van der Waals surface area contributed by atoms with Gasteiger partial charge in [-0.05, 0) is 4.90 Å². The highest BCUT2D eigenvalue weighted by atomic mass is 32.2. The Morgan fingerprint density at radius 2 is 2.16 bits per heavy atom. The van der Waals surface area contributed by atoms with Gasteiger partial charge in [-0.25, -0.2) is 4.79 Å². The van der Waals surface area contributed by atoms with Crippen LogP contribution in [0.2, 0.25) is 0 Å². The number of nitrogens with zero attached hydrogens (tertiary/aromatic N) is 2. The molecule has 0 fully saturated rings. The summed E-state index contributed by atoms with van der Waals surface area (Å²) in [5, 5.41) is 14.9. The molecule has 0 radical (unpaired) electrons. The molecule has 8 heteroatoms. The maximum atomic E-state index is 12.0. The molecule has 0 aliphatic carbocycles. The molecule has 19 heavy (non-hydrogen) atoms. The van der Waals surface area contributed by atoms with E-state index in [1.165, 1.54) is 7.11 Å². The molecule has 1 unspecified atom stereocenters. The smallest absolute Gasteiger partial charge is 0.421 e. The Bertz CT molecular complexity index is 572. The predicted molar refractivity (Wildman–Crippen MR) is 64.2 cm³/mol. The second-order valence-electron chi connectivity index (χ2n) is 3.52. The minimum atomic E-state index is -1.80. The summed E-state index contributed by atoms with van der Waals surface area (Å²) in [6.45, 7) is 0. The number of methoxy groups -OCH3 is 1. The van der Waals surface area contributed by atoms with Gasteiger partial charge >= 0.3 is 11.0 Å². The average Bonchev–Trinajstić information content (AvgIpc) is 2.81. The van der Waals surface area contributed by atoms with Crippen molar-refractivity contribution >= 4 is 17.1 Å². The van der Waals surface area contributed by atoms with E-state index in [9.17, 15) is 14.6 Å². The van der Waals surface area contributed by atoms with Crippen LogP contribution in [0, 0.1) is 5.21 Å². The van der Waals surface area contributed by atoms with Crippen LogP contribution in [0.3, 0.4) is 0 Å². The van der Waals surface area contributed by atoms with Crippen molar-refractivity contribution in [2.24, 2.45) is 0 Å². The summed E-state index contributed by atoms with van der Waals surface area (Å²) in [5.41, 5.74) is 0.537. The van der Waals surface area contributed by atoms with Crippen LogP contribution in [0.5, 0.6) is 0 Å². The van der Waals surface area contributed by atoms with Crippen LogP contribution >= 0.6 is 0 Å². The Balaban J connectivity index is 2.35. The maximum Gasteiger partial charge on any atom is 0.421 e. The first-order chi connectivity index (χ1) is 9.13. The van der Waals surface area contributed by atoms with Gasteiger partial charge in [-0.15, -0.1) is 0 Å². The second kappa shape index (κ2) is 5.72. The van der Waals surface area contributed by atoms with E-state index >= 15 is 0 Å². The summed E-state index contributed by atoms with van der Waals surface area (Å²) in [6, 6.07) is 8.52. The fourth-order valence-electron chi connectivity index (χ4n) is 1.44. The molecule has 1 heterocycles. The highest BCUT2D eigenvalue weighted by Crippen LogP contribution is 2.23. The zero-order valence-electron chi connectivity index (χ0n) is 9.94. The molecule has 1 atom stereocenters. The molecule has 0 saturated heterocycles. The van der Waals surface area contributed by atoms with Gasteiger partial charge in [0.2, 0.25) is 5.75 Å². The summed E-state index contributed by atoms with van der Waals surface area (Å²) in [5.74, 6) is -1.04. The monoisotopic (exact) mass is 282 g/mol. The van der Waals surface area contributed by atoms with Crippen LogP contribution in [0.25, 0.3) is 11.3 Å². The molecule has 7 nitrogen and oxygen atoms in total. The van der Waals surface area contributed by atoms with Gasteiger partial charge in [0.05, 0.1) is 7.11 Å². The average molecular weight is 282 g/mol. The van der Waals surface area contributed by atoms with Crippen LogP contribution in [-0.2, 0) is 20.7 Å². The van der Waals surface area contributed by atoms with E-state index in [2.05, 4.69) is 14.5 Å². The van der Waals surface area contributed by atoms with Gasteiger partial charge in [0, 0.05) is 16.7 Å². The van der Waals surface area contributed by atoms with Crippen molar-refractivity contribution in [2.45, 2.75) is 5.03 Å². The second-order valence-corrected chi connectivity index (χ2v) is 4.88. The maximum absolute atomic E-state index is 12.0. The van der Waals surface area contributed by atoms with E-state index in [0.29, 0.717) is 5.56 Å². The van der Waals surface area contributed by atoms with Crippen molar-refractivity contribution in [1.29, 1.82) is 0 Å². The minimum Gasteiger partial charge on any atom is -0.608 e. The highest BCUT2D eigenvalue weighted by Gasteiger charge is 2.33. The Kier molecular flexibility index (Phi) is 4.03. The molecule has 1 aromatic carbocycles. The third-order valence-electron chi connectivity index (χ3n) is 2.32. The molecule has 0 bridgehead atoms. The Morgan fingerprint density at radius 3 is 2.79 bits per heavy atom. The van der Waals surface area contributed by atoms with Gasteiger partial charge in [0.1, 0.15) is 5.16 Å². The number of carbonyl (C=O) groups is 1. The van der Waals surface area contributed by atoms with Crippen LogP contribution in [0.15, 0.2) is 40.0 Å². The van der Waals surface area contributed by atoms with Crippen molar-refractivity contribution in [3.63, 3.8) is 0 Å². The molecule has 0 spiro atoms. The molecule has 0 amide bonds. The van der Waals surface area contributed by atoms with Gasteiger partial charge in [-0.3, -0.25) is 4.63 Å². The molecule has 1 aromatic heterocycles. The third kappa shape index (κ3) is 2.85. The molecule has 0 N–H and O–H groups in total. The van der Waals surface area contributed by atoms with Crippen molar-refractivity contribution in [2.75, 3.05) is 12.9 Å². The van der Waals surface area contributed by atoms with Crippen LogP contribution < -0.4 is 4.90 Å². The first-order valence-electron chi connectivity index (χ1n) is 5.24. The van der Waals surface area contributed by atoms with Gasteiger partial charge in [-0.1, -0.05) is 30.3 Å². The number of hydrogen-bond donors (Lipinski definition) is 0. The van der Waals surface area contributed by atoms with Crippen molar-refractivity contribution in [3.05, 3.63) is 35.5 Å². The lowest BCUT2D eigenvalue weighted by Gasteiger charge is -2.04. The first-order valence-corrected chi connectivity index (χ1v) is 6.55. The number of rotatable bonds is 4. The van der Waals surface area contributed by atoms with Crippen LogP contribution in [0.1, 0.15) is 0 Å². The molecule has 2 rings (SSSR count). The fourth-order valence-corrected chi connectivity index (χ4v) is 2.44. The van der Waals surface area contributed by atoms with Gasteiger partial charge in [-0.2, -0.15) is 0 Å². The molecule has 0 aliphatic heterocycles. The topological polar surface area (TPSA) is 102 Å². The van der Waals surface area contributed by atoms with E-state index in [0.717, 1.165) is 0 Å². The van der Waals surface area contributed by atoms with E-state index < -0.39 is 17.1 Å². The highest BCUT2D eigenvalue weighted by molar-refractivity contribution is 7.92. The lowest BCUT2D eigenvalue weighted by molar-refractivity contribution is -0.793. The standard InChI is InChI=1S/C11H10N2O5S/c1-17-9(14)7-19(16)11-10(13(15)18-12-11)8-5-3-2-4-6-8/h2-6H,7H2,1H3. The quantitative estimate of drug-likeness (QED) is 0.452. The van der Waals surface area contributed by atoms with E-state index in [1.807, 2.05) is 0 Å². The van der Waals surface area contributed by atoms with Gasteiger partial charge in [0.15, 0.2) is 0 Å². The normalized spacial score (nSPS) is 12.1. The molecular formula is C11H10N2O5S. The summed E-state index contributed by atoms with van der Waals surface area (Å²) in [6.07, 6.45) is 0. The number of benzene rings is 1. The Morgan fingerprint density at radius 1 is 1.47 bits per heavy atom.